The maximum absolute atomic E-state index is 12.7. The fourth-order valence-electron chi connectivity index (χ4n) is 3.04. The van der Waals surface area contributed by atoms with Crippen LogP contribution in [-0.2, 0) is 11.2 Å². The number of carbonyl (C=O) groups excluding carboxylic acids is 1. The van der Waals surface area contributed by atoms with E-state index in [4.69, 9.17) is 4.42 Å². The van der Waals surface area contributed by atoms with Gasteiger partial charge >= 0.3 is 5.97 Å². The van der Waals surface area contributed by atoms with Crippen molar-refractivity contribution >= 4 is 17.6 Å². The third-order valence-electron chi connectivity index (χ3n) is 4.68. The van der Waals surface area contributed by atoms with Gasteiger partial charge in [-0.3, -0.25) is 9.59 Å². The molecule has 1 atom stereocenters. The molecule has 0 saturated heterocycles. The number of rotatable bonds is 8. The van der Waals surface area contributed by atoms with E-state index in [1.54, 1.807) is 31.3 Å². The highest BCUT2D eigenvalue weighted by molar-refractivity contribution is 6.04. The number of hydrogen-bond donors (Lipinski definition) is 2. The minimum Gasteiger partial charge on any atom is -0.508 e. The molecule has 7 nitrogen and oxygen atoms in total. The lowest BCUT2D eigenvalue weighted by atomic mass is 9.96. The number of oxazole rings is 1. The summed E-state index contributed by atoms with van der Waals surface area (Å²) in [7, 11) is 1.64. The van der Waals surface area contributed by atoms with Gasteiger partial charge in [0.25, 0.3) is 5.91 Å². The molecule has 0 bridgehead atoms. The van der Waals surface area contributed by atoms with E-state index in [0.717, 1.165) is 11.3 Å². The van der Waals surface area contributed by atoms with Crippen LogP contribution in [0.5, 0.6) is 5.75 Å². The van der Waals surface area contributed by atoms with Crippen molar-refractivity contribution in [2.24, 2.45) is 0 Å². The molecule has 7 heteroatoms. The number of aromatic nitrogens is 1. The molecule has 0 spiro atoms. The van der Waals surface area contributed by atoms with E-state index in [-0.39, 0.29) is 29.7 Å². The molecule has 1 unspecified atom stereocenters. The number of phenolic OH excluding ortho intramolecular Hbond substituents is 1. The van der Waals surface area contributed by atoms with Crippen LogP contribution in [0.1, 0.15) is 40.7 Å². The zero-order valence-corrected chi connectivity index (χ0v) is 16.0. The highest BCUT2D eigenvalue weighted by Gasteiger charge is 2.24. The van der Waals surface area contributed by atoms with Crippen LogP contribution < -0.4 is 4.90 Å². The number of amides is 1. The van der Waals surface area contributed by atoms with Crippen LogP contribution in [0.4, 0.5) is 5.69 Å². The molecule has 150 valence electrons. The highest BCUT2D eigenvalue weighted by Crippen LogP contribution is 2.26. The number of aromatic hydroxyl groups is 1. The number of aliphatic carboxylic acids is 1. The summed E-state index contributed by atoms with van der Waals surface area (Å²) in [5, 5.41) is 18.6. The number of anilines is 1. The van der Waals surface area contributed by atoms with Crippen molar-refractivity contribution in [1.29, 1.82) is 0 Å². The van der Waals surface area contributed by atoms with Gasteiger partial charge in [-0.25, -0.2) is 4.98 Å². The van der Waals surface area contributed by atoms with E-state index < -0.39 is 11.9 Å². The Hall–Kier alpha value is -3.61. The summed E-state index contributed by atoms with van der Waals surface area (Å²) in [6.07, 6.45) is 2.20. The number of carboxylic acid groups (broad SMARTS) is 1. The van der Waals surface area contributed by atoms with Crippen LogP contribution in [0, 0.1) is 0 Å². The Labute approximate surface area is 168 Å². The summed E-state index contributed by atoms with van der Waals surface area (Å²) in [5.74, 6) is -1.36. The Morgan fingerprint density at radius 2 is 1.79 bits per heavy atom. The van der Waals surface area contributed by atoms with Gasteiger partial charge in [0.05, 0.1) is 6.42 Å². The van der Waals surface area contributed by atoms with E-state index >= 15 is 0 Å². The fourth-order valence-corrected chi connectivity index (χ4v) is 3.04. The second-order valence-electron chi connectivity index (χ2n) is 6.77. The van der Waals surface area contributed by atoms with Crippen molar-refractivity contribution in [2.75, 3.05) is 11.9 Å². The molecular weight excluding hydrogens is 372 g/mol. The molecule has 0 aliphatic rings. The van der Waals surface area contributed by atoms with E-state index in [0.29, 0.717) is 12.8 Å². The van der Waals surface area contributed by atoms with E-state index in [1.165, 1.54) is 11.2 Å². The molecule has 0 radical (unpaired) electrons. The Morgan fingerprint density at radius 3 is 2.45 bits per heavy atom. The maximum Gasteiger partial charge on any atom is 0.304 e. The van der Waals surface area contributed by atoms with Gasteiger partial charge in [0.1, 0.15) is 12.0 Å². The van der Waals surface area contributed by atoms with Gasteiger partial charge in [0, 0.05) is 18.7 Å². The third kappa shape index (κ3) is 5.22. The maximum atomic E-state index is 12.7. The summed E-state index contributed by atoms with van der Waals surface area (Å²) < 4.78 is 5.48. The molecule has 29 heavy (non-hydrogen) atoms. The molecule has 0 aliphatic carbocycles. The Bertz CT molecular complexity index is 966. The first kappa shape index (κ1) is 20.1. The lowest BCUT2D eigenvalue weighted by molar-refractivity contribution is -0.137. The van der Waals surface area contributed by atoms with Crippen LogP contribution in [0.15, 0.2) is 65.3 Å². The van der Waals surface area contributed by atoms with Gasteiger partial charge in [-0.2, -0.15) is 0 Å². The minimum absolute atomic E-state index is 0.131. The van der Waals surface area contributed by atoms with Gasteiger partial charge in [-0.15, -0.1) is 0 Å². The van der Waals surface area contributed by atoms with Gasteiger partial charge in [0.15, 0.2) is 11.6 Å². The number of nitrogens with zero attached hydrogens (tertiary/aromatic N) is 2. The minimum atomic E-state index is -0.965. The van der Waals surface area contributed by atoms with Crippen molar-refractivity contribution in [2.45, 2.75) is 25.2 Å². The van der Waals surface area contributed by atoms with Crippen LogP contribution in [0.2, 0.25) is 0 Å². The Morgan fingerprint density at radius 1 is 1.10 bits per heavy atom. The van der Waals surface area contributed by atoms with Gasteiger partial charge in [-0.05, 0) is 42.7 Å². The summed E-state index contributed by atoms with van der Waals surface area (Å²) in [6.45, 7) is 0. The second kappa shape index (κ2) is 9.05. The molecule has 3 rings (SSSR count). The van der Waals surface area contributed by atoms with E-state index in [9.17, 15) is 19.8 Å². The van der Waals surface area contributed by atoms with Crippen LogP contribution in [0.25, 0.3) is 0 Å². The zero-order chi connectivity index (χ0) is 20.8. The molecule has 1 aromatic heterocycles. The first-order valence-corrected chi connectivity index (χ1v) is 9.22. The largest absolute Gasteiger partial charge is 0.508 e. The number of aryl methyl sites for hydroxylation is 1. The molecule has 3 aromatic rings. The van der Waals surface area contributed by atoms with Crippen LogP contribution in [-0.4, -0.2) is 34.1 Å². The number of benzene rings is 2. The topological polar surface area (TPSA) is 104 Å². The Balaban J connectivity index is 1.73. The normalized spacial score (nSPS) is 11.8. The van der Waals surface area contributed by atoms with Crippen molar-refractivity contribution in [3.63, 3.8) is 0 Å². The number of carboxylic acids is 1. The van der Waals surface area contributed by atoms with Crippen molar-refractivity contribution in [3.8, 4) is 5.75 Å². The number of para-hydroxylation sites is 1. The summed E-state index contributed by atoms with van der Waals surface area (Å²) in [4.78, 5) is 29.7. The number of hydrogen-bond acceptors (Lipinski definition) is 5. The van der Waals surface area contributed by atoms with Crippen molar-refractivity contribution < 1.29 is 24.2 Å². The number of phenols is 1. The average molecular weight is 394 g/mol. The highest BCUT2D eigenvalue weighted by atomic mass is 16.4. The zero-order valence-electron chi connectivity index (χ0n) is 16.0. The SMILES string of the molecule is CN(C(=O)c1coc(C(CCc2ccc(O)cc2)CC(=O)O)n1)c1ccccc1. The summed E-state index contributed by atoms with van der Waals surface area (Å²) in [5.41, 5.74) is 1.81. The molecule has 1 heterocycles. The standard InChI is InChI=1S/C22H22N2O5/c1-24(17-5-3-2-4-6-17)22(28)19-14-29-21(23-19)16(13-20(26)27)10-7-15-8-11-18(25)12-9-15/h2-6,8-9,11-12,14,16,25H,7,10,13H2,1H3,(H,26,27). The predicted molar refractivity (Wildman–Crippen MR) is 107 cm³/mol. The van der Waals surface area contributed by atoms with Crippen molar-refractivity contribution in [1.82, 2.24) is 4.98 Å². The molecule has 2 N–H and O–H groups in total. The lowest BCUT2D eigenvalue weighted by Gasteiger charge is -2.15. The Kier molecular flexibility index (Phi) is 6.29. The average Bonchev–Trinajstić information content (AvgIpc) is 3.21. The molecule has 0 fully saturated rings. The van der Waals surface area contributed by atoms with Crippen LogP contribution >= 0.6 is 0 Å². The first-order chi connectivity index (χ1) is 13.9. The summed E-state index contributed by atoms with van der Waals surface area (Å²) >= 11 is 0. The van der Waals surface area contributed by atoms with Gasteiger partial charge in [0.2, 0.25) is 0 Å². The molecule has 0 saturated carbocycles. The fraction of sp³-hybridized carbons (Fsp3) is 0.227. The quantitative estimate of drug-likeness (QED) is 0.601. The smallest absolute Gasteiger partial charge is 0.304 e. The first-order valence-electron chi connectivity index (χ1n) is 9.22. The second-order valence-corrected chi connectivity index (χ2v) is 6.77. The molecule has 0 aliphatic heterocycles. The van der Waals surface area contributed by atoms with Gasteiger partial charge in [-0.1, -0.05) is 30.3 Å². The molecule has 2 aromatic carbocycles. The van der Waals surface area contributed by atoms with E-state index in [1.807, 2.05) is 30.3 Å². The molecule has 1 amide bonds. The van der Waals surface area contributed by atoms with Crippen molar-refractivity contribution in [3.05, 3.63) is 78.0 Å². The predicted octanol–water partition coefficient (Wildman–Crippen LogP) is 3.85. The monoisotopic (exact) mass is 394 g/mol. The lowest BCUT2D eigenvalue weighted by Crippen LogP contribution is -2.26. The van der Waals surface area contributed by atoms with E-state index in [2.05, 4.69) is 4.98 Å². The number of carbonyl (C=O) groups is 2. The van der Waals surface area contributed by atoms with Crippen LogP contribution in [0.3, 0.4) is 0 Å². The molecular formula is C22H22N2O5. The summed E-state index contributed by atoms with van der Waals surface area (Å²) in [6, 6.07) is 15.9. The van der Waals surface area contributed by atoms with Gasteiger partial charge < -0.3 is 19.5 Å². The third-order valence-corrected chi connectivity index (χ3v) is 4.68.